The highest BCUT2D eigenvalue weighted by Gasteiger charge is 2.37. The zero-order valence-corrected chi connectivity index (χ0v) is 16.5. The van der Waals surface area contributed by atoms with Crippen molar-refractivity contribution in [3.8, 4) is 5.75 Å². The first kappa shape index (κ1) is 19.4. The molecule has 1 aliphatic rings. The number of aryl methyl sites for hydroxylation is 1. The van der Waals surface area contributed by atoms with Gasteiger partial charge in [0.2, 0.25) is 0 Å². The lowest BCUT2D eigenvalue weighted by molar-refractivity contribution is 0.0472. The number of hydrogen-bond acceptors (Lipinski definition) is 5. The van der Waals surface area contributed by atoms with Crippen LogP contribution in [0.3, 0.4) is 0 Å². The molecule has 0 aromatic heterocycles. The summed E-state index contributed by atoms with van der Waals surface area (Å²) >= 11 is 0. The highest BCUT2D eigenvalue weighted by molar-refractivity contribution is 6.34. The number of esters is 1. The summed E-state index contributed by atoms with van der Waals surface area (Å²) < 4.78 is 10.5. The molecule has 0 aliphatic carbocycles. The molecule has 0 unspecified atom stereocenters. The number of methoxy groups -OCH3 is 1. The number of fused-ring (bicyclic) bond motifs is 1. The van der Waals surface area contributed by atoms with Crippen molar-refractivity contribution in [2.75, 3.05) is 12.0 Å². The van der Waals surface area contributed by atoms with Crippen LogP contribution in [0.5, 0.6) is 5.75 Å². The van der Waals surface area contributed by atoms with Gasteiger partial charge in [0.1, 0.15) is 12.4 Å². The normalized spacial score (nSPS) is 12.7. The standard InChI is InChI=1S/C24H19NO5/c1-15-5-3-4-6-21(15)25-22(26)19-12-9-17(13-20(19)23(25)27)24(28)30-14-16-7-10-18(29-2)11-8-16/h3-13H,14H2,1-2H3. The Morgan fingerprint density at radius 2 is 1.60 bits per heavy atom. The summed E-state index contributed by atoms with van der Waals surface area (Å²) in [4.78, 5) is 39.3. The van der Waals surface area contributed by atoms with Crippen LogP contribution in [0.1, 0.15) is 42.2 Å². The largest absolute Gasteiger partial charge is 0.497 e. The SMILES string of the molecule is COc1ccc(COC(=O)c2ccc3c(c2)C(=O)N(c2ccccc2C)C3=O)cc1. The molecule has 0 fully saturated rings. The van der Waals surface area contributed by atoms with Crippen molar-refractivity contribution >= 4 is 23.5 Å². The van der Waals surface area contributed by atoms with Gasteiger partial charge in [-0.3, -0.25) is 9.59 Å². The van der Waals surface area contributed by atoms with Crippen molar-refractivity contribution in [3.05, 3.63) is 94.5 Å². The molecule has 1 aliphatic heterocycles. The van der Waals surface area contributed by atoms with Crippen LogP contribution in [0.2, 0.25) is 0 Å². The number of ether oxygens (including phenoxy) is 2. The van der Waals surface area contributed by atoms with Gasteiger partial charge in [-0.05, 0) is 54.4 Å². The molecule has 0 saturated heterocycles. The molecule has 0 saturated carbocycles. The minimum atomic E-state index is -0.566. The van der Waals surface area contributed by atoms with Gasteiger partial charge >= 0.3 is 5.97 Å². The Hall–Kier alpha value is -3.93. The fourth-order valence-corrected chi connectivity index (χ4v) is 3.35. The van der Waals surface area contributed by atoms with Crippen molar-refractivity contribution in [2.45, 2.75) is 13.5 Å². The number of carbonyl (C=O) groups excluding carboxylic acids is 3. The molecule has 3 aromatic carbocycles. The van der Waals surface area contributed by atoms with E-state index in [1.807, 2.05) is 19.1 Å². The van der Waals surface area contributed by atoms with E-state index in [9.17, 15) is 14.4 Å². The first-order chi connectivity index (χ1) is 14.5. The minimum Gasteiger partial charge on any atom is -0.497 e. The third-order valence-electron chi connectivity index (χ3n) is 5.01. The van der Waals surface area contributed by atoms with E-state index in [-0.39, 0.29) is 23.3 Å². The van der Waals surface area contributed by atoms with Gasteiger partial charge in [0.05, 0.1) is 29.5 Å². The topological polar surface area (TPSA) is 72.9 Å². The number of anilines is 1. The summed E-state index contributed by atoms with van der Waals surface area (Å²) in [5.74, 6) is -0.704. The smallest absolute Gasteiger partial charge is 0.338 e. The quantitative estimate of drug-likeness (QED) is 0.474. The molecule has 4 rings (SSSR count). The monoisotopic (exact) mass is 401 g/mol. The second kappa shape index (κ2) is 7.83. The van der Waals surface area contributed by atoms with Gasteiger partial charge in [-0.2, -0.15) is 0 Å². The lowest BCUT2D eigenvalue weighted by Gasteiger charge is -2.16. The van der Waals surface area contributed by atoms with E-state index in [1.54, 1.807) is 43.5 Å². The number of amides is 2. The Kier molecular flexibility index (Phi) is 5.06. The summed E-state index contributed by atoms with van der Waals surface area (Å²) in [6.45, 7) is 1.92. The van der Waals surface area contributed by atoms with E-state index in [0.29, 0.717) is 11.4 Å². The van der Waals surface area contributed by atoms with Gasteiger partial charge in [0.15, 0.2) is 0 Å². The number of rotatable bonds is 5. The first-order valence-electron chi connectivity index (χ1n) is 9.38. The van der Waals surface area contributed by atoms with Crippen molar-refractivity contribution < 1.29 is 23.9 Å². The van der Waals surface area contributed by atoms with Crippen LogP contribution in [0.4, 0.5) is 5.69 Å². The zero-order valence-electron chi connectivity index (χ0n) is 16.5. The van der Waals surface area contributed by atoms with E-state index in [4.69, 9.17) is 9.47 Å². The van der Waals surface area contributed by atoms with Crippen LogP contribution in [-0.4, -0.2) is 24.9 Å². The predicted molar refractivity (Wildman–Crippen MR) is 111 cm³/mol. The fourth-order valence-electron chi connectivity index (χ4n) is 3.35. The molecule has 1 heterocycles. The third-order valence-corrected chi connectivity index (χ3v) is 5.01. The zero-order chi connectivity index (χ0) is 21.3. The van der Waals surface area contributed by atoms with Crippen molar-refractivity contribution in [1.82, 2.24) is 0 Å². The summed E-state index contributed by atoms with van der Waals surface area (Å²) in [5, 5.41) is 0. The van der Waals surface area contributed by atoms with Crippen LogP contribution in [-0.2, 0) is 11.3 Å². The van der Waals surface area contributed by atoms with Crippen LogP contribution in [0, 0.1) is 6.92 Å². The van der Waals surface area contributed by atoms with Gasteiger partial charge in [-0.1, -0.05) is 30.3 Å². The van der Waals surface area contributed by atoms with E-state index >= 15 is 0 Å². The minimum absolute atomic E-state index is 0.0854. The molecule has 0 N–H and O–H groups in total. The molecule has 0 spiro atoms. The summed E-state index contributed by atoms with van der Waals surface area (Å²) in [6.07, 6.45) is 0. The second-order valence-corrected chi connectivity index (χ2v) is 6.92. The van der Waals surface area contributed by atoms with E-state index in [1.165, 1.54) is 18.2 Å². The number of benzene rings is 3. The third kappa shape index (κ3) is 3.43. The molecular formula is C24H19NO5. The molecule has 2 amide bonds. The average molecular weight is 401 g/mol. The molecule has 6 nitrogen and oxygen atoms in total. The second-order valence-electron chi connectivity index (χ2n) is 6.92. The Morgan fingerprint density at radius 3 is 2.30 bits per heavy atom. The lowest BCUT2D eigenvalue weighted by atomic mass is 10.1. The van der Waals surface area contributed by atoms with Crippen molar-refractivity contribution in [1.29, 1.82) is 0 Å². The first-order valence-corrected chi connectivity index (χ1v) is 9.38. The number of para-hydroxylation sites is 1. The van der Waals surface area contributed by atoms with Crippen molar-refractivity contribution in [3.63, 3.8) is 0 Å². The molecule has 30 heavy (non-hydrogen) atoms. The summed E-state index contributed by atoms with van der Waals surface area (Å²) in [7, 11) is 1.58. The van der Waals surface area contributed by atoms with Crippen LogP contribution in [0.15, 0.2) is 66.7 Å². The molecular weight excluding hydrogens is 382 g/mol. The highest BCUT2D eigenvalue weighted by Crippen LogP contribution is 2.31. The maximum Gasteiger partial charge on any atom is 0.338 e. The molecule has 6 heteroatoms. The van der Waals surface area contributed by atoms with Gasteiger partial charge < -0.3 is 9.47 Å². The van der Waals surface area contributed by atoms with Gasteiger partial charge in [-0.25, -0.2) is 9.69 Å². The molecule has 0 radical (unpaired) electrons. The number of nitrogens with zero attached hydrogens (tertiary/aromatic N) is 1. The summed E-state index contributed by atoms with van der Waals surface area (Å²) in [5.41, 5.74) is 2.84. The number of carbonyl (C=O) groups is 3. The van der Waals surface area contributed by atoms with Crippen molar-refractivity contribution in [2.24, 2.45) is 0 Å². The Bertz CT molecular complexity index is 1150. The van der Waals surface area contributed by atoms with Crippen LogP contribution >= 0.6 is 0 Å². The van der Waals surface area contributed by atoms with Crippen LogP contribution < -0.4 is 9.64 Å². The predicted octanol–water partition coefficient (Wildman–Crippen LogP) is 4.16. The lowest BCUT2D eigenvalue weighted by Crippen LogP contribution is -2.29. The maximum absolute atomic E-state index is 12.9. The molecule has 0 atom stereocenters. The molecule has 150 valence electrons. The Labute approximate surface area is 173 Å². The number of imide groups is 1. The maximum atomic E-state index is 12.9. The fraction of sp³-hybridized carbons (Fsp3) is 0.125. The Morgan fingerprint density at radius 1 is 0.900 bits per heavy atom. The molecule has 3 aromatic rings. The Balaban J connectivity index is 1.53. The number of hydrogen-bond donors (Lipinski definition) is 0. The average Bonchev–Trinajstić information content (AvgIpc) is 3.02. The van der Waals surface area contributed by atoms with E-state index in [2.05, 4.69) is 0 Å². The van der Waals surface area contributed by atoms with Gasteiger partial charge in [0.25, 0.3) is 11.8 Å². The van der Waals surface area contributed by atoms with E-state index < -0.39 is 17.8 Å². The molecule has 0 bridgehead atoms. The van der Waals surface area contributed by atoms with Gasteiger partial charge in [0, 0.05) is 0 Å². The highest BCUT2D eigenvalue weighted by atomic mass is 16.5. The van der Waals surface area contributed by atoms with E-state index in [0.717, 1.165) is 16.0 Å². The van der Waals surface area contributed by atoms with Crippen LogP contribution in [0.25, 0.3) is 0 Å². The summed E-state index contributed by atoms with van der Waals surface area (Å²) in [6, 6.07) is 18.8. The van der Waals surface area contributed by atoms with Gasteiger partial charge in [-0.15, -0.1) is 0 Å².